The molecular weight excluding hydrogens is 266 g/mol. The van der Waals surface area contributed by atoms with E-state index in [0.717, 1.165) is 43.2 Å². The predicted octanol–water partition coefficient (Wildman–Crippen LogP) is 1.61. The molecule has 1 aromatic carbocycles. The smallest absolute Gasteiger partial charge is 0.280 e. The van der Waals surface area contributed by atoms with Gasteiger partial charge in [-0.25, -0.2) is 0 Å². The van der Waals surface area contributed by atoms with Gasteiger partial charge in [0.1, 0.15) is 5.82 Å². The SMILES string of the molecule is N=Cc1c(N)cccc1C(=O)n1nc2c(c1N)CCCC2. The van der Waals surface area contributed by atoms with E-state index in [2.05, 4.69) is 5.10 Å². The fourth-order valence-electron chi connectivity index (χ4n) is 2.78. The Hall–Kier alpha value is -2.63. The summed E-state index contributed by atoms with van der Waals surface area (Å²) < 4.78 is 1.25. The van der Waals surface area contributed by atoms with Gasteiger partial charge in [0.2, 0.25) is 0 Å². The van der Waals surface area contributed by atoms with E-state index >= 15 is 0 Å². The molecule has 21 heavy (non-hydrogen) atoms. The Kier molecular flexibility index (Phi) is 3.21. The van der Waals surface area contributed by atoms with Gasteiger partial charge in [0, 0.05) is 23.0 Å². The molecule has 1 aromatic heterocycles. The highest BCUT2D eigenvalue weighted by Gasteiger charge is 2.24. The lowest BCUT2D eigenvalue weighted by Gasteiger charge is -2.09. The molecule has 6 nitrogen and oxygen atoms in total. The third-order valence-electron chi connectivity index (χ3n) is 3.90. The average molecular weight is 283 g/mol. The van der Waals surface area contributed by atoms with Gasteiger partial charge in [-0.3, -0.25) is 4.79 Å². The Labute approximate surface area is 122 Å². The number of aryl methyl sites for hydroxylation is 1. The van der Waals surface area contributed by atoms with Gasteiger partial charge in [0.05, 0.1) is 11.3 Å². The van der Waals surface area contributed by atoms with Crippen molar-refractivity contribution < 1.29 is 4.79 Å². The fraction of sp³-hybridized carbons (Fsp3) is 0.267. The van der Waals surface area contributed by atoms with Crippen LogP contribution in [0.25, 0.3) is 0 Å². The molecule has 0 aliphatic heterocycles. The average Bonchev–Trinajstić information content (AvgIpc) is 2.84. The van der Waals surface area contributed by atoms with E-state index in [0.29, 0.717) is 22.6 Å². The predicted molar refractivity (Wildman–Crippen MR) is 81.8 cm³/mol. The van der Waals surface area contributed by atoms with Gasteiger partial charge in [0.25, 0.3) is 5.91 Å². The van der Waals surface area contributed by atoms with Crippen molar-refractivity contribution in [3.8, 4) is 0 Å². The number of benzene rings is 1. The Morgan fingerprint density at radius 3 is 2.76 bits per heavy atom. The van der Waals surface area contributed by atoms with Gasteiger partial charge >= 0.3 is 0 Å². The number of hydrogen-bond acceptors (Lipinski definition) is 5. The molecule has 0 fully saturated rings. The van der Waals surface area contributed by atoms with Gasteiger partial charge in [-0.15, -0.1) is 0 Å². The number of carbonyl (C=O) groups is 1. The lowest BCUT2D eigenvalue weighted by atomic mass is 9.98. The van der Waals surface area contributed by atoms with E-state index in [-0.39, 0.29) is 5.91 Å². The topological polar surface area (TPSA) is 111 Å². The molecule has 1 aliphatic carbocycles. The lowest BCUT2D eigenvalue weighted by molar-refractivity contribution is 0.0947. The van der Waals surface area contributed by atoms with Crippen LogP contribution in [0.15, 0.2) is 18.2 Å². The molecule has 1 heterocycles. The first-order valence-electron chi connectivity index (χ1n) is 6.93. The summed E-state index contributed by atoms with van der Waals surface area (Å²) in [6.45, 7) is 0. The van der Waals surface area contributed by atoms with Crippen LogP contribution in [0.5, 0.6) is 0 Å². The first-order chi connectivity index (χ1) is 10.1. The zero-order valence-electron chi connectivity index (χ0n) is 11.6. The first-order valence-corrected chi connectivity index (χ1v) is 6.93. The van der Waals surface area contributed by atoms with E-state index < -0.39 is 0 Å². The van der Waals surface area contributed by atoms with Crippen molar-refractivity contribution in [2.75, 3.05) is 11.5 Å². The van der Waals surface area contributed by atoms with E-state index in [9.17, 15) is 4.79 Å². The maximum Gasteiger partial charge on any atom is 0.280 e. The number of nitrogen functional groups attached to an aromatic ring is 2. The Morgan fingerprint density at radius 1 is 1.29 bits per heavy atom. The zero-order valence-corrected chi connectivity index (χ0v) is 11.6. The first kappa shape index (κ1) is 13.4. The number of rotatable bonds is 2. The maximum atomic E-state index is 12.7. The second-order valence-corrected chi connectivity index (χ2v) is 5.19. The fourth-order valence-corrected chi connectivity index (χ4v) is 2.78. The summed E-state index contributed by atoms with van der Waals surface area (Å²) in [6, 6.07) is 4.99. The molecule has 0 saturated carbocycles. The van der Waals surface area contributed by atoms with Crippen molar-refractivity contribution in [1.29, 1.82) is 5.41 Å². The van der Waals surface area contributed by atoms with E-state index in [4.69, 9.17) is 16.9 Å². The van der Waals surface area contributed by atoms with Crippen LogP contribution in [0.1, 0.15) is 40.0 Å². The number of carbonyl (C=O) groups excluding carboxylic acids is 1. The van der Waals surface area contributed by atoms with Crippen molar-refractivity contribution in [1.82, 2.24) is 9.78 Å². The molecule has 0 spiro atoms. The van der Waals surface area contributed by atoms with Crippen LogP contribution in [0.4, 0.5) is 11.5 Å². The Bertz CT molecular complexity index is 732. The van der Waals surface area contributed by atoms with Crippen molar-refractivity contribution in [3.05, 3.63) is 40.6 Å². The molecule has 1 aliphatic rings. The number of aromatic nitrogens is 2. The van der Waals surface area contributed by atoms with Crippen LogP contribution >= 0.6 is 0 Å². The van der Waals surface area contributed by atoms with Gasteiger partial charge in [-0.2, -0.15) is 9.78 Å². The minimum atomic E-state index is -0.340. The summed E-state index contributed by atoms with van der Waals surface area (Å²) in [5, 5.41) is 11.8. The molecule has 0 saturated heterocycles. The molecule has 0 bridgehead atoms. The van der Waals surface area contributed by atoms with Crippen molar-refractivity contribution >= 4 is 23.6 Å². The van der Waals surface area contributed by atoms with Crippen molar-refractivity contribution in [2.45, 2.75) is 25.7 Å². The standard InChI is InChI=1S/C15H17N5O/c16-8-11-9(5-3-6-12(11)17)15(21)20-14(18)10-4-1-2-7-13(10)19-20/h3,5-6,8,16H,1-2,4,7,17-18H2. The van der Waals surface area contributed by atoms with Crippen molar-refractivity contribution in [2.24, 2.45) is 0 Å². The molecule has 2 aromatic rings. The summed E-state index contributed by atoms with van der Waals surface area (Å²) in [7, 11) is 0. The minimum absolute atomic E-state index is 0.340. The number of fused-ring (bicyclic) bond motifs is 1. The second-order valence-electron chi connectivity index (χ2n) is 5.19. The summed E-state index contributed by atoms with van der Waals surface area (Å²) in [5.74, 6) is 0.0701. The number of anilines is 2. The van der Waals surface area contributed by atoms with Crippen molar-refractivity contribution in [3.63, 3.8) is 0 Å². The number of hydrogen-bond donors (Lipinski definition) is 3. The summed E-state index contributed by atoms with van der Waals surface area (Å²) in [6.07, 6.45) is 4.95. The number of nitrogens with zero attached hydrogens (tertiary/aromatic N) is 2. The normalized spacial score (nSPS) is 13.7. The zero-order chi connectivity index (χ0) is 15.0. The van der Waals surface area contributed by atoms with Crippen LogP contribution in [-0.4, -0.2) is 21.9 Å². The highest BCUT2D eigenvalue weighted by molar-refractivity contribution is 6.06. The van der Waals surface area contributed by atoms with Crippen LogP contribution in [0.3, 0.4) is 0 Å². The van der Waals surface area contributed by atoms with Crippen LogP contribution in [-0.2, 0) is 12.8 Å². The monoisotopic (exact) mass is 283 g/mol. The number of nitrogens with two attached hydrogens (primary N) is 2. The third kappa shape index (κ3) is 2.08. The highest BCUT2D eigenvalue weighted by atomic mass is 16.2. The van der Waals surface area contributed by atoms with Gasteiger partial charge < -0.3 is 16.9 Å². The third-order valence-corrected chi connectivity index (χ3v) is 3.90. The minimum Gasteiger partial charge on any atom is -0.398 e. The molecule has 3 rings (SSSR count). The molecular formula is C15H17N5O. The van der Waals surface area contributed by atoms with E-state index in [1.165, 1.54) is 4.68 Å². The summed E-state index contributed by atoms with van der Waals surface area (Å²) in [5.41, 5.74) is 14.9. The number of nitrogens with one attached hydrogen (secondary N) is 1. The molecule has 5 N–H and O–H groups in total. The largest absolute Gasteiger partial charge is 0.398 e. The van der Waals surface area contributed by atoms with E-state index in [1.54, 1.807) is 18.2 Å². The van der Waals surface area contributed by atoms with Crippen LogP contribution in [0, 0.1) is 5.41 Å². The molecule has 0 unspecified atom stereocenters. The second kappa shape index (κ2) is 5.05. The highest BCUT2D eigenvalue weighted by Crippen LogP contribution is 2.27. The molecule has 108 valence electrons. The van der Waals surface area contributed by atoms with Crippen LogP contribution < -0.4 is 11.5 Å². The van der Waals surface area contributed by atoms with Gasteiger partial charge in [-0.1, -0.05) is 6.07 Å². The quantitative estimate of drug-likeness (QED) is 0.574. The Balaban J connectivity index is 2.09. The van der Waals surface area contributed by atoms with Gasteiger partial charge in [0.15, 0.2) is 0 Å². The molecule has 0 amide bonds. The van der Waals surface area contributed by atoms with E-state index in [1.807, 2.05) is 0 Å². The van der Waals surface area contributed by atoms with Gasteiger partial charge in [-0.05, 0) is 37.8 Å². The summed E-state index contributed by atoms with van der Waals surface area (Å²) >= 11 is 0. The lowest BCUT2D eigenvalue weighted by Crippen LogP contribution is -2.18. The molecule has 0 atom stereocenters. The molecule has 6 heteroatoms. The summed E-state index contributed by atoms with van der Waals surface area (Å²) in [4.78, 5) is 12.7. The maximum absolute atomic E-state index is 12.7. The van der Waals surface area contributed by atoms with Crippen LogP contribution in [0.2, 0.25) is 0 Å². The molecule has 0 radical (unpaired) electrons. The Morgan fingerprint density at radius 2 is 2.05 bits per heavy atom.